The van der Waals surface area contributed by atoms with E-state index >= 15 is 0 Å². The van der Waals surface area contributed by atoms with Gasteiger partial charge in [-0.25, -0.2) is 0 Å². The van der Waals surface area contributed by atoms with Gasteiger partial charge in [-0.3, -0.25) is 4.79 Å². The van der Waals surface area contributed by atoms with E-state index in [1.54, 1.807) is 0 Å². The minimum atomic E-state index is -0.571. The molecule has 0 saturated carbocycles. The molecule has 0 heterocycles. The lowest BCUT2D eigenvalue weighted by molar-refractivity contribution is -0.183. The Bertz CT molecular complexity index is 1040. The topological polar surface area (TPSA) is 54.0 Å². The first-order valence-corrected chi connectivity index (χ1v) is 11.5. The third-order valence-corrected chi connectivity index (χ3v) is 5.62. The molecule has 3 aromatic rings. The number of esters is 1. The largest absolute Gasteiger partial charge is 0.455 e. The maximum absolute atomic E-state index is 11.8. The summed E-state index contributed by atoms with van der Waals surface area (Å²) in [5.74, 6) is -0.367. The molecule has 0 N–H and O–H groups in total. The van der Waals surface area contributed by atoms with E-state index in [0.29, 0.717) is 19.8 Å². The first-order chi connectivity index (χ1) is 16.7. The average molecular weight is 459 g/mol. The molecule has 4 rings (SSSR count). The maximum atomic E-state index is 11.8. The molecular formula is C29H30O5. The van der Waals surface area contributed by atoms with E-state index < -0.39 is 18.3 Å². The van der Waals surface area contributed by atoms with Crippen molar-refractivity contribution in [1.82, 2.24) is 0 Å². The lowest BCUT2D eigenvalue weighted by Crippen LogP contribution is -2.51. The predicted octanol–water partition coefficient (Wildman–Crippen LogP) is 5.24. The normalized spacial score (nSPS) is 21.8. The van der Waals surface area contributed by atoms with Crippen molar-refractivity contribution in [3.63, 3.8) is 0 Å². The van der Waals surface area contributed by atoms with Gasteiger partial charge in [-0.15, -0.1) is 0 Å². The van der Waals surface area contributed by atoms with Crippen molar-refractivity contribution in [3.8, 4) is 0 Å². The minimum absolute atomic E-state index is 0.364. The van der Waals surface area contributed by atoms with Gasteiger partial charge in [-0.2, -0.15) is 0 Å². The molecule has 34 heavy (non-hydrogen) atoms. The summed E-state index contributed by atoms with van der Waals surface area (Å²) in [5.41, 5.74) is 3.15. The van der Waals surface area contributed by atoms with E-state index in [9.17, 15) is 4.79 Å². The van der Waals surface area contributed by atoms with Gasteiger partial charge in [0.25, 0.3) is 0 Å². The molecule has 1 aliphatic carbocycles. The van der Waals surface area contributed by atoms with Gasteiger partial charge in [0.1, 0.15) is 24.4 Å². The van der Waals surface area contributed by atoms with Gasteiger partial charge in [0.15, 0.2) is 0 Å². The summed E-state index contributed by atoms with van der Waals surface area (Å²) in [5, 5.41) is 0. The van der Waals surface area contributed by atoms with Gasteiger partial charge < -0.3 is 18.9 Å². The Hall–Kier alpha value is -3.25. The van der Waals surface area contributed by atoms with Gasteiger partial charge >= 0.3 is 5.97 Å². The van der Waals surface area contributed by atoms with Gasteiger partial charge in [0.05, 0.1) is 19.8 Å². The zero-order valence-electron chi connectivity index (χ0n) is 19.3. The Kier molecular flexibility index (Phi) is 8.63. The zero-order chi connectivity index (χ0) is 23.6. The summed E-state index contributed by atoms with van der Waals surface area (Å²) in [6.45, 7) is 2.60. The number of benzene rings is 3. The van der Waals surface area contributed by atoms with Crippen LogP contribution in [0.1, 0.15) is 23.6 Å². The van der Waals surface area contributed by atoms with E-state index in [0.717, 1.165) is 16.7 Å². The van der Waals surface area contributed by atoms with Crippen molar-refractivity contribution in [1.29, 1.82) is 0 Å². The van der Waals surface area contributed by atoms with Crippen molar-refractivity contribution in [2.75, 3.05) is 0 Å². The number of carbonyl (C=O) groups excluding carboxylic acids is 1. The second-order valence-corrected chi connectivity index (χ2v) is 8.24. The maximum Gasteiger partial charge on any atom is 0.303 e. The van der Waals surface area contributed by atoms with Crippen molar-refractivity contribution in [3.05, 3.63) is 120 Å². The summed E-state index contributed by atoms with van der Waals surface area (Å²) >= 11 is 0. The number of rotatable bonds is 10. The van der Waals surface area contributed by atoms with Gasteiger partial charge in [-0.1, -0.05) is 97.1 Å². The molecule has 5 nitrogen and oxygen atoms in total. The fraction of sp³-hybridized carbons (Fsp3) is 0.276. The third-order valence-electron chi connectivity index (χ3n) is 5.62. The highest BCUT2D eigenvalue weighted by Crippen LogP contribution is 2.27. The van der Waals surface area contributed by atoms with Crippen LogP contribution in [0.3, 0.4) is 0 Å². The fourth-order valence-electron chi connectivity index (χ4n) is 3.94. The van der Waals surface area contributed by atoms with E-state index in [4.69, 9.17) is 18.9 Å². The van der Waals surface area contributed by atoms with Crippen molar-refractivity contribution in [2.45, 2.75) is 51.2 Å². The Labute approximate surface area is 200 Å². The van der Waals surface area contributed by atoms with Crippen LogP contribution in [0.5, 0.6) is 0 Å². The summed E-state index contributed by atoms with van der Waals surface area (Å²) in [6.07, 6.45) is 1.82. The van der Waals surface area contributed by atoms with E-state index in [-0.39, 0.29) is 12.1 Å². The Morgan fingerprint density at radius 3 is 1.41 bits per heavy atom. The Morgan fingerprint density at radius 2 is 0.971 bits per heavy atom. The standard InChI is InChI=1S/C29H30O5/c1-22(30)34-27-18-17-26(31-19-23-11-5-2-6-12-23)28(32-20-24-13-7-3-8-14-24)29(27)33-21-25-15-9-4-10-16-25/h2-18,26-29H,19-21H2,1H3/t26-,27-,28+,29+/m1/s1. The second-order valence-electron chi connectivity index (χ2n) is 8.24. The highest BCUT2D eigenvalue weighted by Gasteiger charge is 2.40. The summed E-state index contributed by atoms with van der Waals surface area (Å²) in [6, 6.07) is 29.9. The van der Waals surface area contributed by atoms with Crippen LogP contribution < -0.4 is 0 Å². The summed E-state index contributed by atoms with van der Waals surface area (Å²) < 4.78 is 24.6. The molecule has 0 aliphatic heterocycles. The van der Waals surface area contributed by atoms with Crippen molar-refractivity contribution >= 4 is 5.97 Å². The predicted molar refractivity (Wildman–Crippen MR) is 130 cm³/mol. The Morgan fingerprint density at radius 1 is 0.588 bits per heavy atom. The van der Waals surface area contributed by atoms with Gasteiger partial charge in [0, 0.05) is 6.92 Å². The van der Waals surface area contributed by atoms with Crippen LogP contribution >= 0.6 is 0 Å². The number of hydrogen-bond acceptors (Lipinski definition) is 5. The molecule has 0 spiro atoms. The van der Waals surface area contributed by atoms with Crippen LogP contribution in [0.25, 0.3) is 0 Å². The smallest absolute Gasteiger partial charge is 0.303 e. The number of carbonyl (C=O) groups is 1. The molecule has 4 atom stereocenters. The quantitative estimate of drug-likeness (QED) is 0.307. The first kappa shape index (κ1) is 23.9. The van der Waals surface area contributed by atoms with Crippen molar-refractivity contribution < 1.29 is 23.7 Å². The highest BCUT2D eigenvalue weighted by molar-refractivity contribution is 5.66. The molecule has 0 aromatic heterocycles. The lowest BCUT2D eigenvalue weighted by Gasteiger charge is -2.38. The van der Waals surface area contributed by atoms with E-state index in [1.807, 2.05) is 103 Å². The molecule has 0 saturated heterocycles. The van der Waals surface area contributed by atoms with E-state index in [1.165, 1.54) is 6.92 Å². The van der Waals surface area contributed by atoms with Crippen LogP contribution in [-0.4, -0.2) is 30.4 Å². The highest BCUT2D eigenvalue weighted by atomic mass is 16.6. The van der Waals surface area contributed by atoms with Crippen LogP contribution in [0, 0.1) is 0 Å². The first-order valence-electron chi connectivity index (χ1n) is 11.5. The van der Waals surface area contributed by atoms with Gasteiger partial charge in [-0.05, 0) is 22.8 Å². The molecular weight excluding hydrogens is 428 g/mol. The molecule has 0 radical (unpaired) electrons. The Balaban J connectivity index is 1.55. The molecule has 1 aliphatic rings. The van der Waals surface area contributed by atoms with Crippen LogP contribution in [-0.2, 0) is 43.6 Å². The molecule has 3 aromatic carbocycles. The molecule has 0 amide bonds. The number of ether oxygens (including phenoxy) is 4. The molecule has 5 heteroatoms. The minimum Gasteiger partial charge on any atom is -0.455 e. The summed E-state index contributed by atoms with van der Waals surface area (Å²) in [7, 11) is 0. The van der Waals surface area contributed by atoms with E-state index in [2.05, 4.69) is 0 Å². The monoisotopic (exact) mass is 458 g/mol. The molecule has 0 unspecified atom stereocenters. The van der Waals surface area contributed by atoms with Crippen LogP contribution in [0.2, 0.25) is 0 Å². The van der Waals surface area contributed by atoms with Crippen molar-refractivity contribution in [2.24, 2.45) is 0 Å². The van der Waals surface area contributed by atoms with Crippen LogP contribution in [0.15, 0.2) is 103 Å². The fourth-order valence-corrected chi connectivity index (χ4v) is 3.94. The average Bonchev–Trinajstić information content (AvgIpc) is 2.87. The SMILES string of the molecule is CC(=O)O[C@@H]1C=C[C@@H](OCc2ccccc2)[C@H](OCc2ccccc2)[C@H]1OCc1ccccc1. The zero-order valence-corrected chi connectivity index (χ0v) is 19.3. The second kappa shape index (κ2) is 12.3. The number of hydrogen-bond donors (Lipinski definition) is 0. The van der Waals surface area contributed by atoms with Crippen LogP contribution in [0.4, 0.5) is 0 Å². The molecule has 176 valence electrons. The molecule has 0 fully saturated rings. The van der Waals surface area contributed by atoms with Gasteiger partial charge in [0.2, 0.25) is 0 Å². The lowest BCUT2D eigenvalue weighted by atomic mass is 9.95. The summed E-state index contributed by atoms with van der Waals surface area (Å²) in [4.78, 5) is 11.8. The molecule has 0 bridgehead atoms. The third kappa shape index (κ3) is 6.87.